The summed E-state index contributed by atoms with van der Waals surface area (Å²) in [4.78, 5) is 10.9. The number of hydrogen-bond donors (Lipinski definition) is 0. The van der Waals surface area contributed by atoms with Crippen LogP contribution in [0.15, 0.2) is 12.1 Å². The summed E-state index contributed by atoms with van der Waals surface area (Å²) < 4.78 is 21.8. The van der Waals surface area contributed by atoms with Crippen molar-refractivity contribution in [1.82, 2.24) is 0 Å². The van der Waals surface area contributed by atoms with Gasteiger partial charge in [-0.15, -0.1) is 0 Å². The Morgan fingerprint density at radius 2 is 1.80 bits per heavy atom. The maximum absolute atomic E-state index is 10.9. The van der Waals surface area contributed by atoms with Gasteiger partial charge in [0.25, 0.3) is 0 Å². The molecule has 0 spiro atoms. The fourth-order valence-electron chi connectivity index (χ4n) is 2.22. The van der Waals surface area contributed by atoms with Crippen molar-refractivity contribution in [2.75, 3.05) is 34.0 Å². The van der Waals surface area contributed by atoms with Crippen LogP contribution in [0.1, 0.15) is 23.2 Å². The van der Waals surface area contributed by atoms with Gasteiger partial charge in [-0.3, -0.25) is 4.79 Å². The SMILES string of the molecule is COc1cc(C=O)cc(OC)c1OCC1CCOCC1. The minimum absolute atomic E-state index is 0.476. The third-order valence-electron chi connectivity index (χ3n) is 3.42. The molecule has 1 saturated heterocycles. The molecule has 1 heterocycles. The van der Waals surface area contributed by atoms with Crippen molar-refractivity contribution in [3.05, 3.63) is 17.7 Å². The monoisotopic (exact) mass is 280 g/mol. The Kier molecular flexibility index (Phi) is 5.24. The van der Waals surface area contributed by atoms with Crippen LogP contribution in [0.5, 0.6) is 17.2 Å². The Labute approximate surface area is 118 Å². The van der Waals surface area contributed by atoms with Crippen molar-refractivity contribution in [3.8, 4) is 17.2 Å². The molecule has 20 heavy (non-hydrogen) atoms. The topological polar surface area (TPSA) is 54.0 Å². The lowest BCUT2D eigenvalue weighted by Gasteiger charge is -2.23. The van der Waals surface area contributed by atoms with E-state index in [1.807, 2.05) is 0 Å². The molecule has 0 aromatic heterocycles. The second-order valence-corrected chi connectivity index (χ2v) is 4.74. The van der Waals surface area contributed by atoms with Crippen LogP contribution in [-0.2, 0) is 4.74 Å². The van der Waals surface area contributed by atoms with E-state index in [0.29, 0.717) is 35.3 Å². The molecule has 0 N–H and O–H groups in total. The minimum atomic E-state index is 0.476. The van der Waals surface area contributed by atoms with Gasteiger partial charge in [0.15, 0.2) is 11.5 Å². The molecule has 0 amide bonds. The van der Waals surface area contributed by atoms with E-state index in [1.165, 1.54) is 0 Å². The largest absolute Gasteiger partial charge is 0.493 e. The Hall–Kier alpha value is -1.75. The van der Waals surface area contributed by atoms with Gasteiger partial charge in [-0.05, 0) is 30.9 Å². The molecule has 1 fully saturated rings. The van der Waals surface area contributed by atoms with Gasteiger partial charge in [-0.25, -0.2) is 0 Å². The molecular weight excluding hydrogens is 260 g/mol. The van der Waals surface area contributed by atoms with E-state index in [-0.39, 0.29) is 0 Å². The van der Waals surface area contributed by atoms with E-state index in [0.717, 1.165) is 32.3 Å². The highest BCUT2D eigenvalue weighted by atomic mass is 16.5. The fraction of sp³-hybridized carbons (Fsp3) is 0.533. The first kappa shape index (κ1) is 14.7. The van der Waals surface area contributed by atoms with Crippen molar-refractivity contribution in [3.63, 3.8) is 0 Å². The van der Waals surface area contributed by atoms with Crippen LogP contribution in [0.4, 0.5) is 0 Å². The zero-order chi connectivity index (χ0) is 14.4. The Bertz CT molecular complexity index is 427. The Morgan fingerprint density at radius 1 is 1.20 bits per heavy atom. The normalized spacial score (nSPS) is 15.7. The molecule has 0 atom stereocenters. The number of aldehydes is 1. The van der Waals surface area contributed by atoms with E-state index in [1.54, 1.807) is 26.4 Å². The van der Waals surface area contributed by atoms with E-state index >= 15 is 0 Å². The van der Waals surface area contributed by atoms with E-state index in [2.05, 4.69) is 0 Å². The Morgan fingerprint density at radius 3 is 2.30 bits per heavy atom. The molecule has 0 radical (unpaired) electrons. The number of hydrogen-bond acceptors (Lipinski definition) is 5. The van der Waals surface area contributed by atoms with E-state index in [9.17, 15) is 4.79 Å². The molecule has 0 aliphatic carbocycles. The molecule has 2 rings (SSSR count). The first-order valence-electron chi connectivity index (χ1n) is 6.70. The third-order valence-corrected chi connectivity index (χ3v) is 3.42. The van der Waals surface area contributed by atoms with Crippen molar-refractivity contribution in [2.24, 2.45) is 5.92 Å². The van der Waals surface area contributed by atoms with Gasteiger partial charge < -0.3 is 18.9 Å². The summed E-state index contributed by atoms with van der Waals surface area (Å²) in [6.07, 6.45) is 2.75. The molecule has 1 aliphatic heterocycles. The number of ether oxygens (including phenoxy) is 4. The fourth-order valence-corrected chi connectivity index (χ4v) is 2.22. The van der Waals surface area contributed by atoms with Crippen molar-refractivity contribution in [1.29, 1.82) is 0 Å². The highest BCUT2D eigenvalue weighted by molar-refractivity contribution is 5.78. The molecular formula is C15H20O5. The first-order chi connectivity index (χ1) is 9.78. The van der Waals surface area contributed by atoms with Crippen LogP contribution in [0.25, 0.3) is 0 Å². The van der Waals surface area contributed by atoms with Crippen LogP contribution in [0, 0.1) is 5.92 Å². The summed E-state index contributed by atoms with van der Waals surface area (Å²) in [5, 5.41) is 0. The van der Waals surface area contributed by atoms with Gasteiger partial charge in [0.1, 0.15) is 6.29 Å². The molecule has 1 aromatic rings. The van der Waals surface area contributed by atoms with Gasteiger partial charge in [0, 0.05) is 18.8 Å². The van der Waals surface area contributed by atoms with Crippen LogP contribution in [0.2, 0.25) is 0 Å². The maximum Gasteiger partial charge on any atom is 0.203 e. The third kappa shape index (κ3) is 3.42. The maximum atomic E-state index is 10.9. The predicted molar refractivity (Wildman–Crippen MR) is 74.0 cm³/mol. The molecule has 1 aliphatic rings. The highest BCUT2D eigenvalue weighted by Gasteiger charge is 2.18. The van der Waals surface area contributed by atoms with Crippen molar-refractivity contribution in [2.45, 2.75) is 12.8 Å². The van der Waals surface area contributed by atoms with Crippen LogP contribution < -0.4 is 14.2 Å². The van der Waals surface area contributed by atoms with E-state index < -0.39 is 0 Å². The minimum Gasteiger partial charge on any atom is -0.493 e. The number of methoxy groups -OCH3 is 2. The number of carbonyl (C=O) groups excluding carboxylic acids is 1. The lowest BCUT2D eigenvalue weighted by Crippen LogP contribution is -2.21. The summed E-state index contributed by atoms with van der Waals surface area (Å²) in [5.41, 5.74) is 0.497. The summed E-state index contributed by atoms with van der Waals surface area (Å²) in [5.74, 6) is 2.05. The first-order valence-corrected chi connectivity index (χ1v) is 6.70. The molecule has 1 aromatic carbocycles. The van der Waals surface area contributed by atoms with Crippen molar-refractivity contribution >= 4 is 6.29 Å². The highest BCUT2D eigenvalue weighted by Crippen LogP contribution is 2.38. The Balaban J connectivity index is 2.13. The lowest BCUT2D eigenvalue weighted by atomic mass is 10.0. The standard InChI is InChI=1S/C15H20O5/c1-17-13-7-12(9-16)8-14(18-2)15(13)20-10-11-3-5-19-6-4-11/h7-9,11H,3-6,10H2,1-2H3. The van der Waals surface area contributed by atoms with Gasteiger partial charge in [0.05, 0.1) is 20.8 Å². The van der Waals surface area contributed by atoms with Crippen molar-refractivity contribution < 1.29 is 23.7 Å². The lowest BCUT2D eigenvalue weighted by molar-refractivity contribution is 0.0489. The van der Waals surface area contributed by atoms with E-state index in [4.69, 9.17) is 18.9 Å². The quantitative estimate of drug-likeness (QED) is 0.748. The predicted octanol–water partition coefficient (Wildman–Crippen LogP) is 2.32. The second kappa shape index (κ2) is 7.14. The molecule has 0 unspecified atom stereocenters. The number of benzene rings is 1. The average molecular weight is 280 g/mol. The summed E-state index contributed by atoms with van der Waals surface area (Å²) in [6.45, 7) is 2.16. The average Bonchev–Trinajstić information content (AvgIpc) is 2.52. The van der Waals surface area contributed by atoms with Crippen LogP contribution in [0.3, 0.4) is 0 Å². The number of carbonyl (C=O) groups is 1. The molecule has 110 valence electrons. The van der Waals surface area contributed by atoms with Crippen LogP contribution in [-0.4, -0.2) is 40.3 Å². The summed E-state index contributed by atoms with van der Waals surface area (Å²) >= 11 is 0. The zero-order valence-electron chi connectivity index (χ0n) is 11.9. The molecule has 5 heteroatoms. The van der Waals surface area contributed by atoms with Crippen LogP contribution >= 0.6 is 0 Å². The number of rotatable bonds is 6. The summed E-state index contributed by atoms with van der Waals surface area (Å²) in [6, 6.07) is 3.30. The molecule has 5 nitrogen and oxygen atoms in total. The second-order valence-electron chi connectivity index (χ2n) is 4.74. The van der Waals surface area contributed by atoms with Gasteiger partial charge in [-0.1, -0.05) is 0 Å². The zero-order valence-corrected chi connectivity index (χ0v) is 11.9. The van der Waals surface area contributed by atoms with Gasteiger partial charge >= 0.3 is 0 Å². The molecule has 0 bridgehead atoms. The summed E-state index contributed by atoms with van der Waals surface area (Å²) in [7, 11) is 3.09. The molecule has 0 saturated carbocycles. The van der Waals surface area contributed by atoms with Gasteiger partial charge in [-0.2, -0.15) is 0 Å². The van der Waals surface area contributed by atoms with Gasteiger partial charge in [0.2, 0.25) is 5.75 Å². The smallest absolute Gasteiger partial charge is 0.203 e.